The Hall–Kier alpha value is -1.29. The maximum absolute atomic E-state index is 9.99. The second-order valence-electron chi connectivity index (χ2n) is 2.24. The quantitative estimate of drug-likeness (QED) is 0.255. The average molecular weight is 194 g/mol. The van der Waals surface area contributed by atoms with Gasteiger partial charge < -0.3 is 5.32 Å². The summed E-state index contributed by atoms with van der Waals surface area (Å²) >= 11 is 1.52. The first kappa shape index (κ1) is 9.80. The molecule has 1 aromatic rings. The van der Waals surface area contributed by atoms with E-state index in [1.807, 2.05) is 24.3 Å². The molecule has 13 heavy (non-hydrogen) atoms. The fraction of sp³-hybridized carbons (Fsp3) is 0.111. The lowest BCUT2D eigenvalue weighted by Crippen LogP contribution is -2.08. The van der Waals surface area contributed by atoms with Gasteiger partial charge in [-0.05, 0) is 18.9 Å². The van der Waals surface area contributed by atoms with E-state index in [0.29, 0.717) is 12.3 Å². The fourth-order valence-corrected chi connectivity index (χ4v) is 1.63. The van der Waals surface area contributed by atoms with Gasteiger partial charge in [-0.2, -0.15) is 0 Å². The molecule has 0 saturated carbocycles. The number of carbonyl (C=O) groups is 1. The van der Waals surface area contributed by atoms with Crippen molar-refractivity contribution < 1.29 is 4.79 Å². The highest BCUT2D eigenvalue weighted by molar-refractivity contribution is 7.99. The monoisotopic (exact) mass is 194 g/mol. The highest BCUT2D eigenvalue weighted by Gasteiger charge is 1.98. The highest BCUT2D eigenvalue weighted by Crippen LogP contribution is 2.27. The molecule has 0 aliphatic carbocycles. The zero-order chi connectivity index (χ0) is 9.52. The normalized spacial score (nSPS) is 9.23. The molecule has 1 aromatic carbocycles. The topological polar surface area (TPSA) is 41.5 Å². The first-order valence-electron chi connectivity index (χ1n) is 3.74. The predicted molar refractivity (Wildman–Crippen MR) is 55.6 cm³/mol. The van der Waals surface area contributed by atoms with Crippen molar-refractivity contribution in [1.82, 2.24) is 5.32 Å². The molecule has 68 valence electrons. The zero-order valence-corrected chi connectivity index (χ0v) is 7.88. The van der Waals surface area contributed by atoms with Gasteiger partial charge in [0.25, 0.3) is 0 Å². The molecule has 0 spiro atoms. The Morgan fingerprint density at radius 1 is 1.54 bits per heavy atom. The summed E-state index contributed by atoms with van der Waals surface area (Å²) in [4.78, 5) is 14.9. The Bertz CT molecular complexity index is 301. The molecule has 0 bridgehead atoms. The molecule has 0 aromatic heterocycles. The molecule has 0 heterocycles. The van der Waals surface area contributed by atoms with E-state index in [-0.39, 0.29) is 0 Å². The van der Waals surface area contributed by atoms with Crippen LogP contribution in [0.3, 0.4) is 0 Å². The molecule has 0 radical (unpaired) electrons. The molecule has 0 aliphatic rings. The van der Waals surface area contributed by atoms with Crippen molar-refractivity contribution in [3.8, 4) is 0 Å². The first-order valence-corrected chi connectivity index (χ1v) is 4.72. The number of amides is 1. The van der Waals surface area contributed by atoms with E-state index in [4.69, 9.17) is 0 Å². The number of thioether (sulfide) groups is 1. The second-order valence-corrected chi connectivity index (χ2v) is 3.25. The molecule has 3 nitrogen and oxygen atoms in total. The van der Waals surface area contributed by atoms with Crippen LogP contribution in [0.2, 0.25) is 0 Å². The minimum atomic E-state index is 0.552. The number of rotatable bonds is 5. The van der Waals surface area contributed by atoms with Gasteiger partial charge in [-0.25, -0.2) is 0 Å². The number of aliphatic imine (C=N–C) groups is 1. The first-order chi connectivity index (χ1) is 6.38. The third kappa shape index (κ3) is 2.91. The van der Waals surface area contributed by atoms with Crippen molar-refractivity contribution in [3.05, 3.63) is 24.3 Å². The lowest BCUT2D eigenvalue weighted by atomic mass is 10.3. The minimum absolute atomic E-state index is 0.552. The van der Waals surface area contributed by atoms with Crippen molar-refractivity contribution in [3.63, 3.8) is 0 Å². The molecule has 1 N–H and O–H groups in total. The number of carbonyl (C=O) groups excluding carboxylic acids is 1. The number of hydrogen-bond donors (Lipinski definition) is 1. The molecular weight excluding hydrogens is 184 g/mol. The van der Waals surface area contributed by atoms with Crippen molar-refractivity contribution in [1.29, 1.82) is 0 Å². The van der Waals surface area contributed by atoms with Crippen molar-refractivity contribution in [2.24, 2.45) is 4.99 Å². The summed E-state index contributed by atoms with van der Waals surface area (Å²) in [5, 5.41) is 2.57. The number of nitrogens with zero attached hydrogens (tertiary/aromatic N) is 1. The SMILES string of the molecule is C=Nc1ccccc1SCNC=O. The summed E-state index contributed by atoms with van der Waals surface area (Å²) in [6.45, 7) is 3.47. The van der Waals surface area contributed by atoms with Crippen molar-refractivity contribution >= 4 is 30.6 Å². The van der Waals surface area contributed by atoms with Gasteiger partial charge in [-0.15, -0.1) is 11.8 Å². The van der Waals surface area contributed by atoms with E-state index in [2.05, 4.69) is 17.0 Å². The highest BCUT2D eigenvalue weighted by atomic mass is 32.2. The van der Waals surface area contributed by atoms with Crippen LogP contribution in [0.4, 0.5) is 5.69 Å². The smallest absolute Gasteiger partial charge is 0.207 e. The lowest BCUT2D eigenvalue weighted by Gasteiger charge is -2.02. The van der Waals surface area contributed by atoms with Crippen LogP contribution < -0.4 is 5.32 Å². The van der Waals surface area contributed by atoms with Gasteiger partial charge in [0.05, 0.1) is 11.6 Å². The standard InChI is InChI=1S/C9H10N2OS/c1-10-8-4-2-3-5-9(8)13-7-11-6-12/h2-6H,1,7H2,(H,11,12). The summed E-state index contributed by atoms with van der Waals surface area (Å²) in [5.74, 6) is 0.552. The number of para-hydroxylation sites is 1. The van der Waals surface area contributed by atoms with Gasteiger partial charge in [0, 0.05) is 4.90 Å². The Kier molecular flexibility index (Phi) is 4.05. The van der Waals surface area contributed by atoms with E-state index >= 15 is 0 Å². The van der Waals surface area contributed by atoms with E-state index in [1.54, 1.807) is 0 Å². The molecule has 1 amide bonds. The summed E-state index contributed by atoms with van der Waals surface area (Å²) < 4.78 is 0. The third-order valence-electron chi connectivity index (χ3n) is 1.43. The van der Waals surface area contributed by atoms with E-state index < -0.39 is 0 Å². The fourth-order valence-electron chi connectivity index (χ4n) is 0.863. The molecule has 0 atom stereocenters. The predicted octanol–water partition coefficient (Wildman–Crippen LogP) is 1.81. The van der Waals surface area contributed by atoms with Crippen LogP contribution >= 0.6 is 11.8 Å². The van der Waals surface area contributed by atoms with Crippen LogP contribution in [-0.2, 0) is 4.79 Å². The molecule has 0 unspecified atom stereocenters. The average Bonchev–Trinajstić information content (AvgIpc) is 2.19. The maximum atomic E-state index is 9.99. The number of nitrogens with one attached hydrogen (secondary N) is 1. The van der Waals surface area contributed by atoms with Gasteiger partial charge in [-0.3, -0.25) is 9.79 Å². The molecule has 4 heteroatoms. The van der Waals surface area contributed by atoms with Gasteiger partial charge in [-0.1, -0.05) is 12.1 Å². The molecule has 0 saturated heterocycles. The largest absolute Gasteiger partial charge is 0.349 e. The van der Waals surface area contributed by atoms with Crippen LogP contribution in [0.15, 0.2) is 34.2 Å². The Balaban J connectivity index is 2.63. The Labute approximate surface area is 81.3 Å². The minimum Gasteiger partial charge on any atom is -0.349 e. The van der Waals surface area contributed by atoms with E-state index in [9.17, 15) is 4.79 Å². The Morgan fingerprint density at radius 3 is 3.00 bits per heavy atom. The molecular formula is C9H10N2OS. The van der Waals surface area contributed by atoms with Crippen LogP contribution in [-0.4, -0.2) is 19.0 Å². The number of hydrogen-bond acceptors (Lipinski definition) is 3. The van der Waals surface area contributed by atoms with Gasteiger partial charge in [0.1, 0.15) is 0 Å². The zero-order valence-electron chi connectivity index (χ0n) is 7.06. The van der Waals surface area contributed by atoms with Crippen LogP contribution in [0.25, 0.3) is 0 Å². The molecule has 0 aliphatic heterocycles. The van der Waals surface area contributed by atoms with E-state index in [0.717, 1.165) is 10.6 Å². The molecule has 0 fully saturated rings. The summed E-state index contributed by atoms with van der Waals surface area (Å²) in [6, 6.07) is 7.66. The Morgan fingerprint density at radius 2 is 2.31 bits per heavy atom. The van der Waals surface area contributed by atoms with Crippen molar-refractivity contribution in [2.75, 3.05) is 5.88 Å². The maximum Gasteiger partial charge on any atom is 0.207 e. The van der Waals surface area contributed by atoms with Gasteiger partial charge in [0.2, 0.25) is 6.41 Å². The number of benzene rings is 1. The van der Waals surface area contributed by atoms with Crippen LogP contribution in [0, 0.1) is 0 Å². The van der Waals surface area contributed by atoms with Gasteiger partial charge >= 0.3 is 0 Å². The molecule has 1 rings (SSSR count). The summed E-state index contributed by atoms with van der Waals surface area (Å²) in [6.07, 6.45) is 0.678. The van der Waals surface area contributed by atoms with Crippen molar-refractivity contribution in [2.45, 2.75) is 4.90 Å². The summed E-state index contributed by atoms with van der Waals surface area (Å²) in [7, 11) is 0. The third-order valence-corrected chi connectivity index (χ3v) is 2.40. The summed E-state index contributed by atoms with van der Waals surface area (Å²) in [5.41, 5.74) is 0.847. The lowest BCUT2D eigenvalue weighted by molar-refractivity contribution is -0.109. The van der Waals surface area contributed by atoms with Crippen LogP contribution in [0.1, 0.15) is 0 Å². The van der Waals surface area contributed by atoms with Gasteiger partial charge in [0.15, 0.2) is 0 Å². The van der Waals surface area contributed by atoms with Crippen LogP contribution in [0.5, 0.6) is 0 Å². The van der Waals surface area contributed by atoms with E-state index in [1.165, 1.54) is 11.8 Å². The second kappa shape index (κ2) is 5.37.